The molecule has 0 radical (unpaired) electrons. The van der Waals surface area contributed by atoms with Gasteiger partial charge in [-0.3, -0.25) is 0 Å². The number of aryl methyl sites for hydroxylation is 1. The molecule has 0 unspecified atom stereocenters. The Morgan fingerprint density at radius 2 is 2.13 bits per heavy atom. The number of nitrogens with two attached hydrogens (primary N) is 1. The van der Waals surface area contributed by atoms with Gasteiger partial charge in [-0.15, -0.1) is 0 Å². The molecule has 0 fully saturated rings. The summed E-state index contributed by atoms with van der Waals surface area (Å²) in [5, 5.41) is 2.08. The molecule has 3 aromatic heterocycles. The van der Waals surface area contributed by atoms with Crippen LogP contribution in [-0.2, 0) is 0 Å². The Hall–Kier alpha value is -1.60. The number of furan rings is 1. The third-order valence-corrected chi connectivity index (χ3v) is 3.20. The van der Waals surface area contributed by atoms with Crippen molar-refractivity contribution in [2.24, 2.45) is 0 Å². The quantitative estimate of drug-likeness (QED) is 0.626. The maximum atomic E-state index is 5.88. The molecule has 3 aromatic rings. The Morgan fingerprint density at radius 1 is 1.27 bits per heavy atom. The predicted molar refractivity (Wildman–Crippen MR) is 63.2 cm³/mol. The van der Waals surface area contributed by atoms with E-state index in [2.05, 4.69) is 4.98 Å². The van der Waals surface area contributed by atoms with Crippen molar-refractivity contribution < 1.29 is 4.42 Å². The van der Waals surface area contributed by atoms with Gasteiger partial charge in [0.2, 0.25) is 5.71 Å². The molecule has 0 saturated carbocycles. The zero-order valence-electron chi connectivity index (χ0n) is 8.19. The molecule has 15 heavy (non-hydrogen) atoms. The van der Waals surface area contributed by atoms with E-state index in [0.717, 1.165) is 35.7 Å². The highest BCUT2D eigenvalue weighted by Gasteiger charge is 2.09. The first kappa shape index (κ1) is 8.69. The van der Waals surface area contributed by atoms with Gasteiger partial charge in [0.25, 0.3) is 0 Å². The van der Waals surface area contributed by atoms with Crippen LogP contribution in [0.2, 0.25) is 0 Å². The highest BCUT2D eigenvalue weighted by molar-refractivity contribution is 7.34. The van der Waals surface area contributed by atoms with Crippen molar-refractivity contribution in [3.05, 3.63) is 29.7 Å². The van der Waals surface area contributed by atoms with Gasteiger partial charge < -0.3 is 10.2 Å². The van der Waals surface area contributed by atoms with Gasteiger partial charge >= 0.3 is 0 Å². The largest absolute Gasteiger partial charge is 0.435 e. The summed E-state index contributed by atoms with van der Waals surface area (Å²) in [5.41, 5.74) is 9.03. The molecule has 3 rings (SSSR count). The summed E-state index contributed by atoms with van der Waals surface area (Å²) in [6.07, 6.45) is 0. The molecule has 3 nitrogen and oxygen atoms in total. The predicted octanol–water partition coefficient (Wildman–Crippen LogP) is 3.45. The highest BCUT2D eigenvalue weighted by Crippen LogP contribution is 2.34. The van der Waals surface area contributed by atoms with Crippen LogP contribution in [0.3, 0.4) is 0 Å². The number of nitrogens with zero attached hydrogens (tertiary/aromatic N) is 1. The van der Waals surface area contributed by atoms with Gasteiger partial charge in [-0.25, -0.2) is 4.98 Å². The van der Waals surface area contributed by atoms with E-state index in [0.29, 0.717) is 5.71 Å². The van der Waals surface area contributed by atoms with Crippen molar-refractivity contribution in [3.8, 4) is 0 Å². The summed E-state index contributed by atoms with van der Waals surface area (Å²) in [5.74, 6) is 2.02. The van der Waals surface area contributed by atoms with Crippen molar-refractivity contribution in [2.75, 3.05) is 5.73 Å². The fraction of sp³-hybridized carbons (Fsp3) is 0.0909. The van der Waals surface area contributed by atoms with Crippen LogP contribution >= 0.6 is 8.19 Å². The van der Waals surface area contributed by atoms with Crippen LogP contribution in [0.1, 0.15) is 5.69 Å². The van der Waals surface area contributed by atoms with E-state index in [-0.39, 0.29) is 0 Å². The Balaban J connectivity index is 2.57. The lowest BCUT2D eigenvalue weighted by atomic mass is 10.2. The van der Waals surface area contributed by atoms with Crippen molar-refractivity contribution in [3.63, 3.8) is 0 Å². The second-order valence-corrected chi connectivity index (χ2v) is 4.52. The number of rotatable bonds is 0. The minimum absolute atomic E-state index is 0.671. The third-order valence-electron chi connectivity index (χ3n) is 2.42. The molecule has 0 amide bonds. The molecule has 0 aliphatic heterocycles. The Labute approximate surface area is 88.0 Å². The first-order valence-electron chi connectivity index (χ1n) is 4.66. The van der Waals surface area contributed by atoms with Crippen LogP contribution in [0.4, 0.5) is 5.42 Å². The maximum Gasteiger partial charge on any atom is 0.227 e. The van der Waals surface area contributed by atoms with E-state index in [1.165, 1.54) is 0 Å². The number of anilines is 1. The van der Waals surface area contributed by atoms with E-state index < -0.39 is 0 Å². The fourth-order valence-electron chi connectivity index (χ4n) is 1.70. The van der Waals surface area contributed by atoms with Crippen molar-refractivity contribution >= 4 is 35.7 Å². The molecule has 0 bridgehead atoms. The average Bonchev–Trinajstić information content (AvgIpc) is 2.57. The van der Waals surface area contributed by atoms with Crippen LogP contribution < -0.4 is 5.73 Å². The lowest BCUT2D eigenvalue weighted by Crippen LogP contribution is -1.78. The number of pyridine rings is 1. The second kappa shape index (κ2) is 2.94. The van der Waals surface area contributed by atoms with Gasteiger partial charge in [-0.1, -0.05) is 0 Å². The van der Waals surface area contributed by atoms with Crippen LogP contribution in [0, 0.1) is 6.92 Å². The lowest BCUT2D eigenvalue weighted by molar-refractivity contribution is 0.655. The monoisotopic (exact) mass is 216 g/mol. The summed E-state index contributed by atoms with van der Waals surface area (Å²) < 4.78 is 5.65. The molecular weight excluding hydrogens is 207 g/mol. The van der Waals surface area contributed by atoms with Crippen molar-refractivity contribution in [1.82, 2.24) is 4.98 Å². The molecule has 2 N–H and O–H groups in total. The Bertz CT molecular complexity index is 660. The zero-order chi connectivity index (χ0) is 10.4. The number of nitrogen functional groups attached to an aromatic ring is 1. The van der Waals surface area contributed by atoms with Crippen molar-refractivity contribution in [1.29, 1.82) is 0 Å². The first-order chi connectivity index (χ1) is 7.25. The first-order valence-corrected chi connectivity index (χ1v) is 5.62. The SMILES string of the molecule is Cc1ccc2c(n1)oc1c(N)pccc12. The van der Waals surface area contributed by atoms with E-state index in [1.54, 1.807) is 0 Å². The van der Waals surface area contributed by atoms with Crippen LogP contribution in [0.5, 0.6) is 0 Å². The van der Waals surface area contributed by atoms with E-state index in [1.807, 2.05) is 30.9 Å². The summed E-state index contributed by atoms with van der Waals surface area (Å²) in [6.45, 7) is 1.95. The van der Waals surface area contributed by atoms with Gasteiger partial charge in [0, 0.05) is 16.5 Å². The summed E-state index contributed by atoms with van der Waals surface area (Å²) >= 11 is 0. The topological polar surface area (TPSA) is 52.0 Å². The fourth-order valence-corrected chi connectivity index (χ4v) is 2.36. The van der Waals surface area contributed by atoms with Crippen LogP contribution in [-0.4, -0.2) is 4.98 Å². The minimum atomic E-state index is 0.671. The number of hydrogen-bond acceptors (Lipinski definition) is 3. The molecule has 74 valence electrons. The average molecular weight is 216 g/mol. The standard InChI is InChI=1S/C11H9N2OP/c1-6-2-3-8-7-4-5-15-10(12)9(7)14-11(8)13-6/h2-5H,12H2,1H3. The van der Waals surface area contributed by atoms with Gasteiger partial charge in [-0.2, -0.15) is 0 Å². The Kier molecular flexibility index (Phi) is 1.70. The summed E-state index contributed by atoms with van der Waals surface area (Å²) in [6, 6.07) is 6.05. The normalized spacial score (nSPS) is 11.8. The van der Waals surface area contributed by atoms with Crippen LogP contribution in [0.15, 0.2) is 28.4 Å². The molecular formula is C11H9N2OP. The smallest absolute Gasteiger partial charge is 0.227 e. The molecule has 0 spiro atoms. The van der Waals surface area contributed by atoms with Crippen LogP contribution in [0.25, 0.3) is 22.1 Å². The maximum absolute atomic E-state index is 5.88. The molecule has 0 aromatic carbocycles. The number of fused-ring (bicyclic) bond motifs is 3. The second-order valence-electron chi connectivity index (χ2n) is 3.48. The van der Waals surface area contributed by atoms with Gasteiger partial charge in [0.05, 0.1) is 0 Å². The van der Waals surface area contributed by atoms with Gasteiger partial charge in [0.15, 0.2) is 5.58 Å². The minimum Gasteiger partial charge on any atom is -0.435 e. The summed E-state index contributed by atoms with van der Waals surface area (Å²) in [4.78, 5) is 4.34. The lowest BCUT2D eigenvalue weighted by Gasteiger charge is -1.91. The zero-order valence-corrected chi connectivity index (χ0v) is 9.08. The highest BCUT2D eigenvalue weighted by atomic mass is 31.0. The molecule has 0 aliphatic rings. The Morgan fingerprint density at radius 3 is 3.00 bits per heavy atom. The molecule has 0 atom stereocenters. The van der Waals surface area contributed by atoms with Crippen molar-refractivity contribution in [2.45, 2.75) is 6.92 Å². The molecule has 3 heterocycles. The van der Waals surface area contributed by atoms with Gasteiger partial charge in [-0.05, 0) is 39.1 Å². The molecule has 0 saturated heterocycles. The van der Waals surface area contributed by atoms with Gasteiger partial charge in [0.1, 0.15) is 5.42 Å². The van der Waals surface area contributed by atoms with E-state index >= 15 is 0 Å². The van der Waals surface area contributed by atoms with E-state index in [9.17, 15) is 0 Å². The summed E-state index contributed by atoms with van der Waals surface area (Å²) in [7, 11) is 0.995. The number of aromatic nitrogens is 1. The third kappa shape index (κ3) is 1.20. The number of hydrogen-bond donors (Lipinski definition) is 1. The molecule has 0 aliphatic carbocycles. The molecule has 4 heteroatoms. The van der Waals surface area contributed by atoms with E-state index in [4.69, 9.17) is 10.2 Å².